The van der Waals surface area contributed by atoms with Gasteiger partial charge in [0.1, 0.15) is 0 Å². The van der Waals surface area contributed by atoms with E-state index in [-0.39, 0.29) is 0 Å². The molecule has 1 unspecified atom stereocenters. The van der Waals surface area contributed by atoms with Gasteiger partial charge in [0.2, 0.25) is 0 Å². The molecular formula is C8H10BrP. The van der Waals surface area contributed by atoms with E-state index in [0.29, 0.717) is 0 Å². The first-order valence-corrected chi connectivity index (χ1v) is 4.51. The smallest absolute Gasteiger partial charge is 0.0249 e. The molecule has 0 aliphatic carbocycles. The van der Waals surface area contributed by atoms with E-state index in [9.17, 15) is 0 Å². The highest BCUT2D eigenvalue weighted by Crippen LogP contribution is 2.15. The Kier molecular flexibility index (Phi) is 2.49. The fraction of sp³-hybridized carbons (Fsp3) is 0.250. The lowest BCUT2D eigenvalue weighted by Crippen LogP contribution is -2.00. The normalized spacial score (nSPS) is 10.0. The van der Waals surface area contributed by atoms with Gasteiger partial charge in [-0.1, -0.05) is 22.0 Å². The molecule has 0 bridgehead atoms. The van der Waals surface area contributed by atoms with Gasteiger partial charge in [0.05, 0.1) is 0 Å². The van der Waals surface area contributed by atoms with Crippen LogP contribution >= 0.6 is 25.2 Å². The Morgan fingerprint density at radius 1 is 1.30 bits per heavy atom. The Hall–Kier alpha value is 0.130. The summed E-state index contributed by atoms with van der Waals surface area (Å²) in [7, 11) is 2.73. The molecule has 1 aromatic carbocycles. The third-order valence-corrected chi connectivity index (χ3v) is 3.59. The van der Waals surface area contributed by atoms with Gasteiger partial charge >= 0.3 is 0 Å². The average molecular weight is 217 g/mol. The third kappa shape index (κ3) is 1.41. The summed E-state index contributed by atoms with van der Waals surface area (Å²) >= 11 is 3.46. The first-order chi connectivity index (χ1) is 4.63. The fourth-order valence-electron chi connectivity index (χ4n) is 0.804. The summed E-state index contributed by atoms with van der Waals surface area (Å²) in [6.07, 6.45) is 0. The summed E-state index contributed by atoms with van der Waals surface area (Å²) in [6, 6.07) is 4.19. The molecule has 1 atom stereocenters. The molecule has 0 aromatic heterocycles. The quantitative estimate of drug-likeness (QED) is 0.586. The molecule has 0 spiro atoms. The van der Waals surface area contributed by atoms with Crippen molar-refractivity contribution in [1.82, 2.24) is 0 Å². The summed E-state index contributed by atoms with van der Waals surface area (Å²) in [5.74, 6) is 0. The van der Waals surface area contributed by atoms with Gasteiger partial charge in [-0.2, -0.15) is 0 Å². The molecule has 0 amide bonds. The molecule has 0 N–H and O–H groups in total. The molecule has 0 fully saturated rings. The highest BCUT2D eigenvalue weighted by atomic mass is 79.9. The number of hydrogen-bond acceptors (Lipinski definition) is 0. The van der Waals surface area contributed by atoms with E-state index in [1.807, 2.05) is 0 Å². The predicted octanol–water partition coefficient (Wildman–Crippen LogP) is 2.57. The maximum atomic E-state index is 3.46. The molecule has 0 saturated heterocycles. The summed E-state index contributed by atoms with van der Waals surface area (Å²) < 4.78 is 1.17. The van der Waals surface area contributed by atoms with Gasteiger partial charge in [0.15, 0.2) is 0 Å². The Bertz CT molecular complexity index is 229. The maximum absolute atomic E-state index is 3.46. The van der Waals surface area contributed by atoms with Crippen molar-refractivity contribution < 1.29 is 0 Å². The highest BCUT2D eigenvalue weighted by molar-refractivity contribution is 9.10. The van der Waals surface area contributed by atoms with Crippen molar-refractivity contribution in [2.45, 2.75) is 13.8 Å². The van der Waals surface area contributed by atoms with Gasteiger partial charge in [-0.05, 0) is 36.3 Å². The minimum absolute atomic E-state index is 1.17. The van der Waals surface area contributed by atoms with Gasteiger partial charge < -0.3 is 0 Å². The molecule has 2 heteroatoms. The van der Waals surface area contributed by atoms with Crippen LogP contribution in [0.2, 0.25) is 0 Å². The van der Waals surface area contributed by atoms with Crippen molar-refractivity contribution in [3.8, 4) is 0 Å². The van der Waals surface area contributed by atoms with Gasteiger partial charge in [-0.25, -0.2) is 0 Å². The Morgan fingerprint density at radius 2 is 1.90 bits per heavy atom. The van der Waals surface area contributed by atoms with Crippen LogP contribution in [-0.2, 0) is 0 Å². The van der Waals surface area contributed by atoms with Crippen LogP contribution in [0.4, 0.5) is 0 Å². The molecule has 10 heavy (non-hydrogen) atoms. The van der Waals surface area contributed by atoms with E-state index in [2.05, 4.69) is 51.1 Å². The maximum Gasteiger partial charge on any atom is 0.0249 e. The van der Waals surface area contributed by atoms with Gasteiger partial charge in [0, 0.05) is 4.47 Å². The minimum Gasteiger partial charge on any atom is -0.104 e. The van der Waals surface area contributed by atoms with Gasteiger partial charge in [-0.3, -0.25) is 0 Å². The summed E-state index contributed by atoms with van der Waals surface area (Å²) in [5.41, 5.74) is 2.69. The average Bonchev–Trinajstić information content (AvgIpc) is 1.93. The zero-order valence-corrected chi connectivity index (χ0v) is 8.85. The largest absolute Gasteiger partial charge is 0.104 e. The first-order valence-electron chi connectivity index (χ1n) is 3.14. The van der Waals surface area contributed by atoms with Crippen LogP contribution in [-0.4, -0.2) is 0 Å². The molecule has 0 aliphatic heterocycles. The lowest BCUT2D eigenvalue weighted by atomic mass is 10.1. The van der Waals surface area contributed by atoms with Crippen molar-refractivity contribution in [3.63, 3.8) is 0 Å². The molecular weight excluding hydrogens is 207 g/mol. The van der Waals surface area contributed by atoms with Gasteiger partial charge in [0.25, 0.3) is 0 Å². The van der Waals surface area contributed by atoms with Crippen molar-refractivity contribution in [1.29, 1.82) is 0 Å². The standard InChI is InChI=1S/C8H10BrP/c1-5-3-4-7(9)8(10)6(5)2/h3-4H,10H2,1-2H3. The first kappa shape index (κ1) is 8.23. The monoisotopic (exact) mass is 216 g/mol. The van der Waals surface area contributed by atoms with E-state index >= 15 is 0 Å². The second kappa shape index (κ2) is 3.02. The van der Waals surface area contributed by atoms with E-state index in [1.54, 1.807) is 0 Å². The Morgan fingerprint density at radius 3 is 2.40 bits per heavy atom. The molecule has 0 radical (unpaired) electrons. The number of benzene rings is 1. The molecule has 0 saturated carbocycles. The number of rotatable bonds is 0. The fourth-order valence-corrected chi connectivity index (χ4v) is 1.56. The minimum atomic E-state index is 1.17. The van der Waals surface area contributed by atoms with E-state index in [4.69, 9.17) is 0 Å². The second-order valence-corrected chi connectivity index (χ2v) is 3.83. The summed E-state index contributed by atoms with van der Waals surface area (Å²) in [4.78, 5) is 0. The Labute approximate surface area is 72.4 Å². The van der Waals surface area contributed by atoms with Crippen molar-refractivity contribution in [2.75, 3.05) is 0 Å². The number of halogens is 1. The zero-order chi connectivity index (χ0) is 7.72. The molecule has 1 aromatic rings. The van der Waals surface area contributed by atoms with Crippen LogP contribution in [0.25, 0.3) is 0 Å². The van der Waals surface area contributed by atoms with Crippen molar-refractivity contribution in [3.05, 3.63) is 27.7 Å². The topological polar surface area (TPSA) is 0 Å². The molecule has 0 heterocycles. The molecule has 54 valence electrons. The van der Waals surface area contributed by atoms with E-state index < -0.39 is 0 Å². The third-order valence-electron chi connectivity index (χ3n) is 1.73. The SMILES string of the molecule is Cc1ccc(Br)c(P)c1C. The van der Waals surface area contributed by atoms with Crippen LogP contribution in [0.15, 0.2) is 16.6 Å². The van der Waals surface area contributed by atoms with E-state index in [0.717, 1.165) is 0 Å². The van der Waals surface area contributed by atoms with Crippen LogP contribution in [0.1, 0.15) is 11.1 Å². The predicted molar refractivity (Wildman–Crippen MR) is 53.0 cm³/mol. The molecule has 0 nitrogen and oxygen atoms in total. The van der Waals surface area contributed by atoms with Crippen LogP contribution in [0.5, 0.6) is 0 Å². The Balaban J connectivity index is 3.34. The van der Waals surface area contributed by atoms with Gasteiger partial charge in [-0.15, -0.1) is 9.24 Å². The second-order valence-electron chi connectivity index (χ2n) is 2.40. The van der Waals surface area contributed by atoms with Crippen molar-refractivity contribution in [2.24, 2.45) is 0 Å². The lowest BCUT2D eigenvalue weighted by Gasteiger charge is -2.04. The van der Waals surface area contributed by atoms with Crippen LogP contribution in [0, 0.1) is 13.8 Å². The zero-order valence-electron chi connectivity index (χ0n) is 6.11. The van der Waals surface area contributed by atoms with Crippen LogP contribution in [0.3, 0.4) is 0 Å². The number of hydrogen-bond donors (Lipinski definition) is 0. The molecule has 0 aliphatic rings. The number of aryl methyl sites for hydroxylation is 1. The van der Waals surface area contributed by atoms with Crippen LogP contribution < -0.4 is 5.30 Å². The molecule has 1 rings (SSSR count). The summed E-state index contributed by atoms with van der Waals surface area (Å²) in [6.45, 7) is 4.25. The van der Waals surface area contributed by atoms with Crippen molar-refractivity contribution >= 4 is 30.5 Å². The van der Waals surface area contributed by atoms with E-state index in [1.165, 1.54) is 20.9 Å². The summed E-state index contributed by atoms with van der Waals surface area (Å²) in [5, 5.41) is 1.26. The highest BCUT2D eigenvalue weighted by Gasteiger charge is 1.99. The lowest BCUT2D eigenvalue weighted by molar-refractivity contribution is 1.36.